The van der Waals surface area contributed by atoms with Gasteiger partial charge in [0.25, 0.3) is 11.6 Å². The molecule has 0 radical (unpaired) electrons. The monoisotopic (exact) mass is 417 g/mol. The number of aryl methyl sites for hydroxylation is 1. The van der Waals surface area contributed by atoms with Crippen molar-refractivity contribution in [1.82, 2.24) is 14.8 Å². The van der Waals surface area contributed by atoms with E-state index in [4.69, 9.17) is 4.74 Å². The Morgan fingerprint density at radius 2 is 2.12 bits per heavy atom. The second kappa shape index (κ2) is 7.31. The minimum Gasteiger partial charge on any atom is -0.455 e. The molecule has 1 N–H and O–H groups in total. The predicted molar refractivity (Wildman–Crippen MR) is 96.3 cm³/mol. The molecule has 9 nitrogen and oxygen atoms in total. The number of ether oxygens (including phenoxy) is 1. The zero-order valence-electron chi connectivity index (χ0n) is 13.4. The summed E-state index contributed by atoms with van der Waals surface area (Å²) in [6.07, 6.45) is 4.54. The SMILES string of the molecule is Cn1ncc(Br)c1C(=O)Nc1cc(Oc2cccnc2)cc([N+](=O)[O-])c1. The summed E-state index contributed by atoms with van der Waals surface area (Å²) in [7, 11) is 1.62. The number of carbonyl (C=O) groups excluding carboxylic acids is 1. The van der Waals surface area contributed by atoms with Gasteiger partial charge in [0, 0.05) is 25.4 Å². The lowest BCUT2D eigenvalue weighted by Crippen LogP contribution is -2.16. The Morgan fingerprint density at radius 3 is 2.73 bits per heavy atom. The molecule has 0 unspecified atom stereocenters. The highest BCUT2D eigenvalue weighted by atomic mass is 79.9. The molecule has 1 amide bonds. The summed E-state index contributed by atoms with van der Waals surface area (Å²) in [5.74, 6) is 0.149. The van der Waals surface area contributed by atoms with Crippen molar-refractivity contribution in [2.24, 2.45) is 7.05 Å². The Hall–Kier alpha value is -3.27. The Balaban J connectivity index is 1.91. The van der Waals surface area contributed by atoms with Crippen LogP contribution < -0.4 is 10.1 Å². The number of nitrogens with one attached hydrogen (secondary N) is 1. The van der Waals surface area contributed by atoms with Gasteiger partial charge < -0.3 is 10.1 Å². The Labute approximate surface area is 155 Å². The molecule has 3 rings (SSSR count). The maximum atomic E-state index is 12.4. The van der Waals surface area contributed by atoms with Crippen LogP contribution in [0.1, 0.15) is 10.5 Å². The molecule has 0 fully saturated rings. The lowest BCUT2D eigenvalue weighted by Gasteiger charge is -2.09. The minimum atomic E-state index is -0.564. The van der Waals surface area contributed by atoms with Crippen molar-refractivity contribution in [1.29, 1.82) is 0 Å². The third-order valence-corrected chi connectivity index (χ3v) is 3.92. The number of non-ortho nitro benzene ring substituents is 1. The number of anilines is 1. The molecule has 0 aliphatic heterocycles. The third-order valence-electron chi connectivity index (χ3n) is 3.34. The smallest absolute Gasteiger partial charge is 0.275 e. The first-order valence-electron chi connectivity index (χ1n) is 7.30. The van der Waals surface area contributed by atoms with Gasteiger partial charge in [-0.1, -0.05) is 0 Å². The molecule has 1 aromatic carbocycles. The van der Waals surface area contributed by atoms with Gasteiger partial charge in [-0.15, -0.1) is 0 Å². The van der Waals surface area contributed by atoms with Crippen LogP contribution in [0.2, 0.25) is 0 Å². The van der Waals surface area contributed by atoms with Gasteiger partial charge in [-0.25, -0.2) is 0 Å². The van der Waals surface area contributed by atoms with Crippen LogP contribution in [0.25, 0.3) is 0 Å². The maximum absolute atomic E-state index is 12.4. The van der Waals surface area contributed by atoms with E-state index in [-0.39, 0.29) is 22.8 Å². The van der Waals surface area contributed by atoms with Gasteiger partial charge in [0.2, 0.25) is 0 Å². The molecule has 0 saturated carbocycles. The molecule has 3 aromatic rings. The molecule has 0 saturated heterocycles. The first-order valence-corrected chi connectivity index (χ1v) is 8.09. The number of hydrogen-bond donors (Lipinski definition) is 1. The van der Waals surface area contributed by atoms with Crippen molar-refractivity contribution < 1.29 is 14.5 Å². The predicted octanol–water partition coefficient (Wildman–Crippen LogP) is 3.53. The molecule has 0 aliphatic carbocycles. The quantitative estimate of drug-likeness (QED) is 0.501. The van der Waals surface area contributed by atoms with Crippen molar-refractivity contribution in [2.45, 2.75) is 0 Å². The molecule has 132 valence electrons. The van der Waals surface area contributed by atoms with Gasteiger partial charge in [-0.05, 0) is 28.1 Å². The van der Waals surface area contributed by atoms with Gasteiger partial charge in [0.15, 0.2) is 0 Å². The van der Waals surface area contributed by atoms with Crippen LogP contribution in [0.15, 0.2) is 53.4 Å². The highest BCUT2D eigenvalue weighted by molar-refractivity contribution is 9.10. The number of nitro groups is 1. The van der Waals surface area contributed by atoms with E-state index in [0.29, 0.717) is 10.2 Å². The largest absolute Gasteiger partial charge is 0.455 e. The highest BCUT2D eigenvalue weighted by Gasteiger charge is 2.18. The molecular weight excluding hydrogens is 406 g/mol. The van der Waals surface area contributed by atoms with E-state index >= 15 is 0 Å². The zero-order chi connectivity index (χ0) is 18.7. The number of pyridine rings is 1. The number of aromatic nitrogens is 3. The lowest BCUT2D eigenvalue weighted by atomic mass is 10.2. The average Bonchev–Trinajstić information content (AvgIpc) is 2.94. The average molecular weight is 418 g/mol. The molecule has 10 heteroatoms. The molecule has 0 bridgehead atoms. The molecule has 26 heavy (non-hydrogen) atoms. The van der Waals surface area contributed by atoms with E-state index in [9.17, 15) is 14.9 Å². The Kier molecular flexibility index (Phi) is 4.94. The minimum absolute atomic E-state index is 0.201. The number of benzene rings is 1. The van der Waals surface area contributed by atoms with E-state index in [0.717, 1.165) is 0 Å². The van der Waals surface area contributed by atoms with Crippen LogP contribution in [0.4, 0.5) is 11.4 Å². The summed E-state index contributed by atoms with van der Waals surface area (Å²) in [6, 6.07) is 7.34. The second-order valence-corrected chi connectivity index (χ2v) is 6.04. The number of hydrogen-bond acceptors (Lipinski definition) is 6. The van der Waals surface area contributed by atoms with Crippen LogP contribution in [0.3, 0.4) is 0 Å². The van der Waals surface area contributed by atoms with Gasteiger partial charge in [-0.2, -0.15) is 5.10 Å². The maximum Gasteiger partial charge on any atom is 0.275 e. The molecule has 0 spiro atoms. The van der Waals surface area contributed by atoms with Gasteiger partial charge >= 0.3 is 0 Å². The number of rotatable bonds is 5. The van der Waals surface area contributed by atoms with Crippen LogP contribution in [0.5, 0.6) is 11.5 Å². The summed E-state index contributed by atoms with van der Waals surface area (Å²) in [5, 5.41) is 17.8. The number of amides is 1. The number of nitrogens with zero attached hydrogens (tertiary/aromatic N) is 4. The first kappa shape index (κ1) is 17.5. The summed E-state index contributed by atoms with van der Waals surface area (Å²) < 4.78 is 7.49. The molecule has 0 aliphatic rings. The molecule has 0 atom stereocenters. The highest BCUT2D eigenvalue weighted by Crippen LogP contribution is 2.30. The van der Waals surface area contributed by atoms with Crippen LogP contribution >= 0.6 is 15.9 Å². The van der Waals surface area contributed by atoms with E-state index in [1.165, 1.54) is 35.3 Å². The standard InChI is InChI=1S/C16H12BrN5O4/c1-21-15(14(17)9-19-21)16(23)20-10-5-11(22(24)25)7-13(6-10)26-12-3-2-4-18-8-12/h2-9H,1H3,(H,20,23). The summed E-state index contributed by atoms with van der Waals surface area (Å²) in [4.78, 5) is 27.0. The first-order chi connectivity index (χ1) is 12.4. The van der Waals surface area contributed by atoms with E-state index < -0.39 is 10.8 Å². The topological polar surface area (TPSA) is 112 Å². The van der Waals surface area contributed by atoms with E-state index in [1.54, 1.807) is 25.4 Å². The number of nitro benzene ring substituents is 1. The van der Waals surface area contributed by atoms with Crippen molar-refractivity contribution in [3.05, 3.63) is 69.2 Å². The number of carbonyl (C=O) groups is 1. The fourth-order valence-corrected chi connectivity index (χ4v) is 2.75. The Bertz CT molecular complexity index is 955. The third kappa shape index (κ3) is 3.86. The Morgan fingerprint density at radius 1 is 1.31 bits per heavy atom. The summed E-state index contributed by atoms with van der Waals surface area (Å²) in [6.45, 7) is 0. The molecule has 2 heterocycles. The fraction of sp³-hybridized carbons (Fsp3) is 0.0625. The van der Waals surface area contributed by atoms with Crippen molar-refractivity contribution in [3.8, 4) is 11.5 Å². The van der Waals surface area contributed by atoms with Crippen LogP contribution in [0, 0.1) is 10.1 Å². The second-order valence-electron chi connectivity index (χ2n) is 5.18. The van der Waals surface area contributed by atoms with Gasteiger partial charge in [0.1, 0.15) is 17.2 Å². The van der Waals surface area contributed by atoms with E-state index in [2.05, 4.69) is 31.3 Å². The van der Waals surface area contributed by atoms with E-state index in [1.807, 2.05) is 0 Å². The fourth-order valence-electron chi connectivity index (χ4n) is 2.22. The zero-order valence-corrected chi connectivity index (χ0v) is 15.0. The van der Waals surface area contributed by atoms with Crippen LogP contribution in [-0.2, 0) is 7.05 Å². The summed E-state index contributed by atoms with van der Waals surface area (Å²) >= 11 is 3.24. The molecular formula is C16H12BrN5O4. The van der Waals surface area contributed by atoms with Crippen LogP contribution in [-0.4, -0.2) is 25.6 Å². The normalized spacial score (nSPS) is 10.4. The van der Waals surface area contributed by atoms with Crippen molar-refractivity contribution in [3.63, 3.8) is 0 Å². The van der Waals surface area contributed by atoms with Crippen molar-refractivity contribution >= 4 is 33.2 Å². The van der Waals surface area contributed by atoms with Gasteiger partial charge in [-0.3, -0.25) is 24.6 Å². The molecule has 2 aromatic heterocycles. The number of halogens is 1. The van der Waals surface area contributed by atoms with Gasteiger partial charge in [0.05, 0.1) is 33.5 Å². The van der Waals surface area contributed by atoms with Crippen molar-refractivity contribution in [2.75, 3.05) is 5.32 Å². The summed E-state index contributed by atoms with van der Waals surface area (Å²) in [5.41, 5.74) is 0.285. The lowest BCUT2D eigenvalue weighted by molar-refractivity contribution is -0.384.